The van der Waals surface area contributed by atoms with Gasteiger partial charge in [0, 0.05) is 12.8 Å². The van der Waals surface area contributed by atoms with E-state index in [0.717, 1.165) is 44.9 Å². The maximum absolute atomic E-state index is 12.5. The van der Waals surface area contributed by atoms with Crippen molar-refractivity contribution in [2.45, 2.75) is 366 Å². The van der Waals surface area contributed by atoms with Gasteiger partial charge in [0.15, 0.2) is 0 Å². The number of ether oxygens (including phenoxy) is 1. The van der Waals surface area contributed by atoms with Crippen molar-refractivity contribution >= 4 is 11.9 Å². The van der Waals surface area contributed by atoms with Crippen LogP contribution in [0.2, 0.25) is 0 Å². The third kappa shape index (κ3) is 55.8. The number of allylic oxidation sites excluding steroid dienone is 2. The Morgan fingerprint density at radius 1 is 0.391 bits per heavy atom. The van der Waals surface area contributed by atoms with Gasteiger partial charge < -0.3 is 20.3 Å². The number of aliphatic hydroxyl groups is 2. The summed E-state index contributed by atoms with van der Waals surface area (Å²) in [7, 11) is 0. The van der Waals surface area contributed by atoms with Gasteiger partial charge in [-0.1, -0.05) is 302 Å². The Morgan fingerprint density at radius 2 is 0.681 bits per heavy atom. The molecule has 0 aromatic heterocycles. The third-order valence-electron chi connectivity index (χ3n) is 14.8. The van der Waals surface area contributed by atoms with Crippen LogP contribution in [0.3, 0.4) is 0 Å². The van der Waals surface area contributed by atoms with Gasteiger partial charge in [-0.25, -0.2) is 0 Å². The minimum atomic E-state index is -0.664. The van der Waals surface area contributed by atoms with Gasteiger partial charge in [0.1, 0.15) is 0 Å². The van der Waals surface area contributed by atoms with Gasteiger partial charge in [-0.15, -0.1) is 0 Å². The summed E-state index contributed by atoms with van der Waals surface area (Å²) in [5, 5.41) is 23.3. The molecular weight excluding hydrogens is 851 g/mol. The molecule has 0 spiro atoms. The van der Waals surface area contributed by atoms with Crippen molar-refractivity contribution < 1.29 is 24.5 Å². The van der Waals surface area contributed by atoms with E-state index in [-0.39, 0.29) is 18.5 Å². The summed E-state index contributed by atoms with van der Waals surface area (Å²) < 4.78 is 5.48. The second kappa shape index (κ2) is 59.2. The molecule has 1 amide bonds. The highest BCUT2D eigenvalue weighted by atomic mass is 16.5. The van der Waals surface area contributed by atoms with Crippen LogP contribution in [-0.4, -0.2) is 47.4 Å². The second-order valence-corrected chi connectivity index (χ2v) is 21.7. The minimum absolute atomic E-state index is 0.00490. The monoisotopic (exact) mass is 974 g/mol. The molecule has 0 saturated carbocycles. The van der Waals surface area contributed by atoms with Crippen molar-refractivity contribution in [3.63, 3.8) is 0 Å². The molecular formula is C63H123NO5. The smallest absolute Gasteiger partial charge is 0.305 e. The van der Waals surface area contributed by atoms with Crippen LogP contribution in [0.5, 0.6) is 0 Å². The second-order valence-electron chi connectivity index (χ2n) is 21.7. The maximum Gasteiger partial charge on any atom is 0.305 e. The standard InChI is InChI=1S/C63H123NO5/c1-3-5-7-9-11-13-15-17-19-28-31-35-39-43-47-51-55-61(66)60(59-65)64-62(67)56-52-48-44-40-36-32-29-25-23-21-20-22-24-26-30-34-38-42-46-50-54-58-69-63(68)57-53-49-45-41-37-33-27-18-16-14-12-10-8-6-4-2/h18,27,60-61,65-66H,3-17,19-26,28-59H2,1-2H3,(H,64,67)/b27-18-. The SMILES string of the molecule is CCCCCCCC/C=C\CCCCCCCC(=O)OCCCCCCCCCCCCCCCCCCCCCCCC(=O)NC(CO)C(O)CCCCCCCCCCCCCCCCCC. The first-order valence-electron chi connectivity index (χ1n) is 31.4. The highest BCUT2D eigenvalue weighted by molar-refractivity contribution is 5.76. The lowest BCUT2D eigenvalue weighted by atomic mass is 10.0. The van der Waals surface area contributed by atoms with Gasteiger partial charge in [0.05, 0.1) is 25.4 Å². The lowest BCUT2D eigenvalue weighted by Crippen LogP contribution is -2.45. The average Bonchev–Trinajstić information content (AvgIpc) is 3.35. The summed E-state index contributed by atoms with van der Waals surface area (Å²) in [6.07, 6.45) is 70.7. The van der Waals surface area contributed by atoms with Crippen LogP contribution < -0.4 is 5.32 Å². The van der Waals surface area contributed by atoms with E-state index in [4.69, 9.17) is 4.74 Å². The molecule has 0 aliphatic carbocycles. The van der Waals surface area contributed by atoms with Crippen LogP contribution in [0, 0.1) is 0 Å². The van der Waals surface area contributed by atoms with Crippen LogP contribution in [0.1, 0.15) is 354 Å². The number of nitrogens with one attached hydrogen (secondary N) is 1. The number of amides is 1. The van der Waals surface area contributed by atoms with E-state index >= 15 is 0 Å². The fourth-order valence-corrected chi connectivity index (χ4v) is 9.99. The molecule has 0 aromatic carbocycles. The van der Waals surface area contributed by atoms with E-state index < -0.39 is 12.1 Å². The third-order valence-corrected chi connectivity index (χ3v) is 14.8. The summed E-state index contributed by atoms with van der Waals surface area (Å²) in [6, 6.07) is -0.542. The van der Waals surface area contributed by atoms with Crippen molar-refractivity contribution in [3.8, 4) is 0 Å². The minimum Gasteiger partial charge on any atom is -0.466 e. The van der Waals surface area contributed by atoms with E-state index in [2.05, 4.69) is 31.3 Å². The zero-order valence-corrected chi connectivity index (χ0v) is 46.8. The lowest BCUT2D eigenvalue weighted by Gasteiger charge is -2.22. The van der Waals surface area contributed by atoms with Gasteiger partial charge in [0.25, 0.3) is 0 Å². The normalized spacial score (nSPS) is 12.6. The maximum atomic E-state index is 12.5. The summed E-state index contributed by atoms with van der Waals surface area (Å²) in [4.78, 5) is 24.6. The van der Waals surface area contributed by atoms with E-state index in [1.54, 1.807) is 0 Å². The molecule has 0 saturated heterocycles. The predicted octanol–water partition coefficient (Wildman–Crippen LogP) is 19.6. The first-order chi connectivity index (χ1) is 34.0. The fraction of sp³-hybridized carbons (Fsp3) is 0.937. The Morgan fingerprint density at radius 3 is 1.03 bits per heavy atom. The molecule has 0 fully saturated rings. The number of hydrogen-bond acceptors (Lipinski definition) is 5. The van der Waals surface area contributed by atoms with Crippen molar-refractivity contribution in [2.24, 2.45) is 0 Å². The Labute approximate surface area is 431 Å². The Bertz CT molecular complexity index is 1030. The average molecular weight is 975 g/mol. The Balaban J connectivity index is 3.38. The number of unbranched alkanes of at least 4 members (excludes halogenated alkanes) is 46. The van der Waals surface area contributed by atoms with Crippen molar-refractivity contribution in [3.05, 3.63) is 12.2 Å². The van der Waals surface area contributed by atoms with Gasteiger partial charge in [-0.2, -0.15) is 0 Å². The molecule has 410 valence electrons. The molecule has 0 aliphatic rings. The molecule has 0 heterocycles. The van der Waals surface area contributed by atoms with Gasteiger partial charge in [0.2, 0.25) is 5.91 Å². The summed E-state index contributed by atoms with van der Waals surface area (Å²) in [6.45, 7) is 4.97. The molecule has 0 aliphatic heterocycles. The van der Waals surface area contributed by atoms with Crippen molar-refractivity contribution in [1.82, 2.24) is 5.32 Å². The molecule has 6 nitrogen and oxygen atoms in total. The molecule has 0 radical (unpaired) electrons. The molecule has 6 heteroatoms. The Kier molecular flexibility index (Phi) is 58.0. The van der Waals surface area contributed by atoms with Crippen LogP contribution in [0.4, 0.5) is 0 Å². The van der Waals surface area contributed by atoms with Crippen LogP contribution in [-0.2, 0) is 14.3 Å². The summed E-state index contributed by atoms with van der Waals surface area (Å²) >= 11 is 0. The molecule has 0 bridgehead atoms. The zero-order chi connectivity index (χ0) is 50.0. The molecule has 69 heavy (non-hydrogen) atoms. The topological polar surface area (TPSA) is 95.9 Å². The van der Waals surface area contributed by atoms with E-state index in [0.29, 0.717) is 25.9 Å². The largest absolute Gasteiger partial charge is 0.466 e. The summed E-state index contributed by atoms with van der Waals surface area (Å²) in [5.41, 5.74) is 0. The molecule has 2 unspecified atom stereocenters. The lowest BCUT2D eigenvalue weighted by molar-refractivity contribution is -0.143. The van der Waals surface area contributed by atoms with Crippen LogP contribution in [0.15, 0.2) is 12.2 Å². The van der Waals surface area contributed by atoms with E-state index in [1.165, 1.54) is 276 Å². The quantitative estimate of drug-likeness (QED) is 0.0321. The van der Waals surface area contributed by atoms with Crippen LogP contribution in [0.25, 0.3) is 0 Å². The number of hydrogen-bond donors (Lipinski definition) is 3. The first-order valence-corrected chi connectivity index (χ1v) is 31.4. The molecule has 0 aromatic rings. The van der Waals surface area contributed by atoms with Crippen LogP contribution >= 0.6 is 0 Å². The fourth-order valence-electron chi connectivity index (χ4n) is 9.99. The van der Waals surface area contributed by atoms with E-state index in [9.17, 15) is 19.8 Å². The number of rotatable bonds is 59. The number of esters is 1. The molecule has 3 N–H and O–H groups in total. The number of carbonyl (C=O) groups is 2. The predicted molar refractivity (Wildman–Crippen MR) is 301 cm³/mol. The summed E-state index contributed by atoms with van der Waals surface area (Å²) in [5.74, 6) is -0.0282. The van der Waals surface area contributed by atoms with Crippen molar-refractivity contribution in [2.75, 3.05) is 13.2 Å². The highest BCUT2D eigenvalue weighted by Crippen LogP contribution is 2.18. The molecule has 0 rings (SSSR count). The molecule has 2 atom stereocenters. The number of aliphatic hydroxyl groups excluding tert-OH is 2. The Hall–Kier alpha value is -1.40. The van der Waals surface area contributed by atoms with Gasteiger partial charge in [-0.3, -0.25) is 9.59 Å². The van der Waals surface area contributed by atoms with Gasteiger partial charge >= 0.3 is 5.97 Å². The van der Waals surface area contributed by atoms with E-state index in [1.807, 2.05) is 0 Å². The van der Waals surface area contributed by atoms with Crippen molar-refractivity contribution in [1.29, 1.82) is 0 Å². The first kappa shape index (κ1) is 67.6. The van der Waals surface area contributed by atoms with Gasteiger partial charge in [-0.05, 0) is 51.4 Å². The highest BCUT2D eigenvalue weighted by Gasteiger charge is 2.20. The zero-order valence-electron chi connectivity index (χ0n) is 46.8. The number of carbonyl (C=O) groups excluding carboxylic acids is 2.